The van der Waals surface area contributed by atoms with Crippen molar-refractivity contribution in [3.8, 4) is 0 Å². The molecule has 0 amide bonds. The van der Waals surface area contributed by atoms with E-state index in [1.54, 1.807) is 0 Å². The maximum atomic E-state index is 9.22. The van der Waals surface area contributed by atoms with E-state index in [2.05, 4.69) is 9.78 Å². The Morgan fingerprint density at radius 3 is 1.33 bits per heavy atom. The van der Waals surface area contributed by atoms with E-state index in [1.165, 1.54) is 0 Å². The van der Waals surface area contributed by atoms with Gasteiger partial charge in [0.15, 0.2) is 0 Å². The first-order chi connectivity index (χ1) is 2.21. The molecule has 0 spiro atoms. The first kappa shape index (κ1) is 6.33. The molecule has 1 aliphatic rings. The zero-order chi connectivity index (χ0) is 3.91. The van der Waals surface area contributed by atoms with Crippen LogP contribution in [0.3, 0.4) is 0 Å². The molecule has 0 aromatic carbocycles. The first-order valence-corrected chi connectivity index (χ1v) is 0.983. The van der Waals surface area contributed by atoms with Gasteiger partial charge in [0.25, 0.3) is 0 Å². The van der Waals surface area contributed by atoms with Gasteiger partial charge in [-0.25, -0.2) is 9.78 Å². The Morgan fingerprint density at radius 2 is 1.33 bits per heavy atom. The van der Waals surface area contributed by atoms with E-state index >= 15 is 0 Å². The van der Waals surface area contributed by atoms with E-state index in [-0.39, 0.29) is 16.5 Å². The molecule has 0 aromatic heterocycles. The number of rotatable bonds is 0. The van der Waals surface area contributed by atoms with Gasteiger partial charge in [0, 0.05) is 0 Å². The van der Waals surface area contributed by atoms with E-state index in [0.717, 1.165) is 0 Å². The van der Waals surface area contributed by atoms with Crippen molar-refractivity contribution >= 4 is 0 Å². The molecule has 0 saturated carbocycles. The van der Waals surface area contributed by atoms with Gasteiger partial charge >= 0.3 is 16.5 Å². The zero-order valence-corrected chi connectivity index (χ0v) is 3.44. The van der Waals surface area contributed by atoms with Crippen LogP contribution in [0.1, 0.15) is 0 Å². The SMILES string of the molecule is [Ni+2].[O-]C1([O-])OO1. The van der Waals surface area contributed by atoms with Crippen LogP contribution in [0, 0.1) is 0 Å². The molecular weight excluding hydrogens is 135 g/mol. The van der Waals surface area contributed by atoms with Crippen molar-refractivity contribution < 1.29 is 36.5 Å². The summed E-state index contributed by atoms with van der Waals surface area (Å²) in [7, 11) is 0. The van der Waals surface area contributed by atoms with Crippen LogP contribution < -0.4 is 10.2 Å². The Morgan fingerprint density at radius 1 is 1.17 bits per heavy atom. The van der Waals surface area contributed by atoms with Gasteiger partial charge in [-0.05, 0) is 0 Å². The second kappa shape index (κ2) is 1.44. The van der Waals surface area contributed by atoms with Crippen molar-refractivity contribution in [3.63, 3.8) is 0 Å². The van der Waals surface area contributed by atoms with Gasteiger partial charge < -0.3 is 10.2 Å². The fraction of sp³-hybridized carbons (Fsp3) is 1.00. The summed E-state index contributed by atoms with van der Waals surface area (Å²) in [5.74, 6) is 0. The molecule has 0 N–H and O–H groups in total. The molecule has 0 bridgehead atoms. The molecule has 0 aromatic rings. The summed E-state index contributed by atoms with van der Waals surface area (Å²) < 4.78 is 0. The van der Waals surface area contributed by atoms with Crippen molar-refractivity contribution in [2.45, 2.75) is 6.16 Å². The van der Waals surface area contributed by atoms with Gasteiger partial charge in [-0.2, -0.15) is 0 Å². The normalized spacial score (nSPS) is 25.0. The summed E-state index contributed by atoms with van der Waals surface area (Å²) in [6.07, 6.45) is -2.75. The second-order valence-electron chi connectivity index (χ2n) is 0.667. The molecule has 1 fully saturated rings. The van der Waals surface area contributed by atoms with Crippen molar-refractivity contribution in [2.24, 2.45) is 0 Å². The zero-order valence-electron chi connectivity index (χ0n) is 2.45. The molecule has 6 heavy (non-hydrogen) atoms. The number of hydrogen-bond donors (Lipinski definition) is 0. The average molecular weight is 135 g/mol. The molecule has 0 aliphatic carbocycles. The summed E-state index contributed by atoms with van der Waals surface area (Å²) in [6.45, 7) is 0. The Kier molecular flexibility index (Phi) is 1.52. The minimum Gasteiger partial charge on any atom is -0.815 e. The third kappa shape index (κ3) is 1.69. The molecule has 5 heteroatoms. The van der Waals surface area contributed by atoms with Gasteiger partial charge in [0.05, 0.1) is 6.16 Å². The number of hydrogen-bond acceptors (Lipinski definition) is 4. The van der Waals surface area contributed by atoms with Crippen LogP contribution in [0.4, 0.5) is 0 Å². The molecule has 1 heterocycles. The van der Waals surface area contributed by atoms with E-state index in [4.69, 9.17) is 0 Å². The summed E-state index contributed by atoms with van der Waals surface area (Å²) in [4.78, 5) is 6.57. The van der Waals surface area contributed by atoms with Crippen LogP contribution in [-0.4, -0.2) is 6.16 Å². The molecule has 1 rings (SSSR count). The van der Waals surface area contributed by atoms with Crippen LogP contribution >= 0.6 is 0 Å². The smallest absolute Gasteiger partial charge is 0.815 e. The first-order valence-electron chi connectivity index (χ1n) is 0.983. The second-order valence-corrected chi connectivity index (χ2v) is 0.667. The fourth-order valence-corrected chi connectivity index (χ4v) is 0.0340. The largest absolute Gasteiger partial charge is 2.00 e. The standard InChI is InChI=1S/CO4.Ni/c2-1(3)4-5-1;/q-2;+2. The Labute approximate surface area is 43.5 Å². The maximum Gasteiger partial charge on any atom is 2.00 e. The molecule has 0 radical (unpaired) electrons. The predicted molar refractivity (Wildman–Crippen MR) is 4.90 cm³/mol. The van der Waals surface area contributed by atoms with Crippen LogP contribution in [-0.2, 0) is 26.3 Å². The Balaban J connectivity index is 0.000000250. The van der Waals surface area contributed by atoms with Crippen molar-refractivity contribution in [2.75, 3.05) is 0 Å². The summed E-state index contributed by atoms with van der Waals surface area (Å²) in [5, 5.41) is 18.4. The summed E-state index contributed by atoms with van der Waals surface area (Å²) in [6, 6.07) is 0. The molecule has 1 saturated heterocycles. The molecular formula is CNiO4. The topological polar surface area (TPSA) is 71.2 Å². The van der Waals surface area contributed by atoms with Crippen LogP contribution in [0.5, 0.6) is 0 Å². The summed E-state index contributed by atoms with van der Waals surface area (Å²) >= 11 is 0. The predicted octanol–water partition coefficient (Wildman–Crippen LogP) is -2.72. The van der Waals surface area contributed by atoms with E-state index in [1.807, 2.05) is 0 Å². The van der Waals surface area contributed by atoms with Gasteiger partial charge in [0.2, 0.25) is 0 Å². The fourth-order valence-electron chi connectivity index (χ4n) is 0.0340. The van der Waals surface area contributed by atoms with Crippen LogP contribution in [0.25, 0.3) is 0 Å². The molecule has 1 aliphatic heterocycles. The van der Waals surface area contributed by atoms with E-state index < -0.39 is 6.16 Å². The summed E-state index contributed by atoms with van der Waals surface area (Å²) in [5.41, 5.74) is 0. The van der Waals surface area contributed by atoms with Gasteiger partial charge in [-0.3, -0.25) is 0 Å². The Bertz CT molecular complexity index is 45.5. The van der Waals surface area contributed by atoms with Gasteiger partial charge in [-0.15, -0.1) is 0 Å². The van der Waals surface area contributed by atoms with Crippen LogP contribution in [0.2, 0.25) is 0 Å². The minimum absolute atomic E-state index is 0. The molecule has 38 valence electrons. The average Bonchev–Trinajstić information content (AvgIpc) is 1.76. The van der Waals surface area contributed by atoms with E-state index in [9.17, 15) is 10.2 Å². The van der Waals surface area contributed by atoms with Gasteiger partial charge in [-0.1, -0.05) is 0 Å². The minimum atomic E-state index is -2.75. The molecule has 0 unspecified atom stereocenters. The Hall–Kier alpha value is 0.334. The van der Waals surface area contributed by atoms with Gasteiger partial charge in [0.1, 0.15) is 0 Å². The molecule has 0 atom stereocenters. The monoisotopic (exact) mass is 134 g/mol. The molecule has 4 nitrogen and oxygen atoms in total. The van der Waals surface area contributed by atoms with Crippen LogP contribution in [0.15, 0.2) is 0 Å². The van der Waals surface area contributed by atoms with Crippen molar-refractivity contribution in [1.29, 1.82) is 0 Å². The van der Waals surface area contributed by atoms with E-state index in [0.29, 0.717) is 0 Å². The van der Waals surface area contributed by atoms with Crippen molar-refractivity contribution in [3.05, 3.63) is 0 Å². The third-order valence-electron chi connectivity index (χ3n) is 0.219. The maximum absolute atomic E-state index is 9.22. The quantitative estimate of drug-likeness (QED) is 0.156. The van der Waals surface area contributed by atoms with Crippen molar-refractivity contribution in [1.82, 2.24) is 0 Å². The third-order valence-corrected chi connectivity index (χ3v) is 0.219.